The van der Waals surface area contributed by atoms with E-state index < -0.39 is 36.1 Å². The summed E-state index contributed by atoms with van der Waals surface area (Å²) in [5.74, 6) is -1.48. The molecule has 0 aliphatic heterocycles. The standard InChI is InChI=1S/C13H20O7/c1-6(2)9(16)10(17)11(18)12(8(15)5-14)20-13(19)7(3)4/h5,8,10-12,15-18H,3H2,1-2,4H3/t8-,10+,11+,12+/m0/s1. The van der Waals surface area contributed by atoms with Gasteiger partial charge in [0.2, 0.25) is 0 Å². The Bertz CT molecular complexity index is 409. The van der Waals surface area contributed by atoms with Crippen LogP contribution in [0.4, 0.5) is 0 Å². The molecule has 7 heteroatoms. The highest BCUT2D eigenvalue weighted by Crippen LogP contribution is 2.16. The van der Waals surface area contributed by atoms with Crippen LogP contribution in [-0.4, -0.2) is 57.1 Å². The zero-order valence-electron chi connectivity index (χ0n) is 11.6. The lowest BCUT2D eigenvalue weighted by atomic mass is 10.0. The van der Waals surface area contributed by atoms with Crippen molar-refractivity contribution in [3.05, 3.63) is 23.5 Å². The molecule has 0 radical (unpaired) electrons. The van der Waals surface area contributed by atoms with Gasteiger partial charge >= 0.3 is 5.97 Å². The highest BCUT2D eigenvalue weighted by atomic mass is 16.6. The maximum atomic E-state index is 11.4. The Kier molecular flexibility index (Phi) is 7.12. The molecule has 0 fully saturated rings. The largest absolute Gasteiger partial charge is 0.510 e. The molecular formula is C13H20O7. The van der Waals surface area contributed by atoms with E-state index >= 15 is 0 Å². The molecule has 7 nitrogen and oxygen atoms in total. The van der Waals surface area contributed by atoms with Gasteiger partial charge in [0, 0.05) is 5.57 Å². The van der Waals surface area contributed by atoms with E-state index in [2.05, 4.69) is 6.58 Å². The van der Waals surface area contributed by atoms with Crippen LogP contribution in [0.3, 0.4) is 0 Å². The second-order valence-corrected chi connectivity index (χ2v) is 4.60. The zero-order chi connectivity index (χ0) is 16.0. The van der Waals surface area contributed by atoms with Gasteiger partial charge in [0.1, 0.15) is 24.1 Å². The molecule has 0 unspecified atom stereocenters. The number of hydrogen-bond acceptors (Lipinski definition) is 7. The summed E-state index contributed by atoms with van der Waals surface area (Å²) >= 11 is 0. The third-order valence-corrected chi connectivity index (χ3v) is 2.52. The Morgan fingerprint density at radius 2 is 1.70 bits per heavy atom. The number of hydrogen-bond donors (Lipinski definition) is 4. The van der Waals surface area contributed by atoms with Crippen LogP contribution in [-0.2, 0) is 14.3 Å². The van der Waals surface area contributed by atoms with Gasteiger partial charge in [-0.2, -0.15) is 0 Å². The Hall–Kier alpha value is -1.70. The van der Waals surface area contributed by atoms with Crippen LogP contribution < -0.4 is 0 Å². The van der Waals surface area contributed by atoms with Crippen molar-refractivity contribution in [2.75, 3.05) is 0 Å². The molecule has 0 saturated carbocycles. The second-order valence-electron chi connectivity index (χ2n) is 4.60. The van der Waals surface area contributed by atoms with Gasteiger partial charge in [-0.25, -0.2) is 4.79 Å². The molecule has 114 valence electrons. The average molecular weight is 288 g/mol. The van der Waals surface area contributed by atoms with Gasteiger partial charge in [-0.3, -0.25) is 0 Å². The summed E-state index contributed by atoms with van der Waals surface area (Å²) in [7, 11) is 0. The Morgan fingerprint density at radius 1 is 1.20 bits per heavy atom. The topological polar surface area (TPSA) is 124 Å². The Morgan fingerprint density at radius 3 is 2.05 bits per heavy atom. The fraction of sp³-hybridized carbons (Fsp3) is 0.538. The van der Waals surface area contributed by atoms with Crippen LogP contribution >= 0.6 is 0 Å². The van der Waals surface area contributed by atoms with Gasteiger partial charge in [-0.1, -0.05) is 6.58 Å². The number of aldehydes is 1. The number of rotatable bonds is 7. The van der Waals surface area contributed by atoms with Gasteiger partial charge in [0.15, 0.2) is 12.4 Å². The molecule has 0 aromatic heterocycles. The normalized spacial score (nSPS) is 16.5. The van der Waals surface area contributed by atoms with Crippen molar-refractivity contribution in [3.63, 3.8) is 0 Å². The zero-order valence-corrected chi connectivity index (χ0v) is 11.6. The lowest BCUT2D eigenvalue weighted by molar-refractivity contribution is -0.167. The van der Waals surface area contributed by atoms with Gasteiger partial charge in [0.25, 0.3) is 0 Å². The van der Waals surface area contributed by atoms with Gasteiger partial charge in [-0.05, 0) is 26.3 Å². The molecule has 4 N–H and O–H groups in total. The lowest BCUT2D eigenvalue weighted by Crippen LogP contribution is -2.48. The first-order chi connectivity index (χ1) is 9.13. The number of carbonyl (C=O) groups excluding carboxylic acids is 2. The van der Waals surface area contributed by atoms with E-state index in [0.29, 0.717) is 5.57 Å². The molecule has 4 atom stereocenters. The van der Waals surface area contributed by atoms with Crippen LogP contribution in [0.5, 0.6) is 0 Å². The highest BCUT2D eigenvalue weighted by molar-refractivity contribution is 5.87. The van der Waals surface area contributed by atoms with E-state index in [1.807, 2.05) is 0 Å². The SMILES string of the molecule is C=C(C)C(=O)O[C@@H]([C@H](O)[C@H](O)C(O)=C(C)C)[C@@H](O)C=O. The lowest BCUT2D eigenvalue weighted by Gasteiger charge is -2.28. The van der Waals surface area contributed by atoms with Crippen molar-refractivity contribution < 1.29 is 34.8 Å². The van der Waals surface area contributed by atoms with Crippen LogP contribution in [0.1, 0.15) is 20.8 Å². The minimum absolute atomic E-state index is 0.0128. The molecule has 0 bridgehead atoms. The summed E-state index contributed by atoms with van der Waals surface area (Å²) in [6.07, 6.45) is -7.22. The number of aliphatic hydroxyl groups is 4. The summed E-state index contributed by atoms with van der Waals surface area (Å²) in [5, 5.41) is 38.6. The summed E-state index contributed by atoms with van der Waals surface area (Å²) in [6.45, 7) is 7.61. The second kappa shape index (κ2) is 7.78. The van der Waals surface area contributed by atoms with Gasteiger partial charge in [0.05, 0.1) is 0 Å². The van der Waals surface area contributed by atoms with Crippen molar-refractivity contribution in [2.45, 2.75) is 45.2 Å². The maximum Gasteiger partial charge on any atom is 0.333 e. The van der Waals surface area contributed by atoms with E-state index in [-0.39, 0.29) is 11.9 Å². The molecule has 0 amide bonds. The molecule has 0 aromatic rings. The molecule has 0 spiro atoms. The van der Waals surface area contributed by atoms with Crippen molar-refractivity contribution >= 4 is 12.3 Å². The minimum atomic E-state index is -1.88. The van der Waals surface area contributed by atoms with Crippen LogP contribution in [0, 0.1) is 0 Å². The van der Waals surface area contributed by atoms with Crippen LogP contribution in [0.15, 0.2) is 23.5 Å². The van der Waals surface area contributed by atoms with Crippen molar-refractivity contribution in [3.8, 4) is 0 Å². The third kappa shape index (κ3) is 4.76. The predicted molar refractivity (Wildman–Crippen MR) is 69.8 cm³/mol. The predicted octanol–water partition coefficient (Wildman–Crippen LogP) is -0.392. The Labute approximate surface area is 116 Å². The Balaban J connectivity index is 5.23. The monoisotopic (exact) mass is 288 g/mol. The fourth-order valence-electron chi connectivity index (χ4n) is 1.28. The van der Waals surface area contributed by atoms with Crippen molar-refractivity contribution in [1.29, 1.82) is 0 Å². The summed E-state index contributed by atoms with van der Waals surface area (Å²) in [6, 6.07) is 0. The quantitative estimate of drug-likeness (QED) is 0.217. The van der Waals surface area contributed by atoms with E-state index in [1.54, 1.807) is 0 Å². The average Bonchev–Trinajstić information content (AvgIpc) is 2.40. The van der Waals surface area contributed by atoms with E-state index in [0.717, 1.165) is 0 Å². The number of allylic oxidation sites excluding steroid dienone is 1. The van der Waals surface area contributed by atoms with E-state index in [1.165, 1.54) is 20.8 Å². The molecule has 0 aromatic carbocycles. The summed E-state index contributed by atoms with van der Waals surface area (Å²) < 4.78 is 4.71. The minimum Gasteiger partial charge on any atom is -0.510 e. The summed E-state index contributed by atoms with van der Waals surface area (Å²) in [4.78, 5) is 22.0. The molecule has 0 rings (SSSR count). The smallest absolute Gasteiger partial charge is 0.333 e. The van der Waals surface area contributed by atoms with Crippen molar-refractivity contribution in [1.82, 2.24) is 0 Å². The van der Waals surface area contributed by atoms with Crippen molar-refractivity contribution in [2.24, 2.45) is 0 Å². The molecule has 20 heavy (non-hydrogen) atoms. The van der Waals surface area contributed by atoms with Gasteiger partial charge < -0.3 is 30.0 Å². The van der Waals surface area contributed by atoms with Crippen LogP contribution in [0.25, 0.3) is 0 Å². The highest BCUT2D eigenvalue weighted by Gasteiger charge is 2.37. The molecule has 0 aliphatic rings. The first-order valence-corrected chi connectivity index (χ1v) is 5.85. The fourth-order valence-corrected chi connectivity index (χ4v) is 1.28. The van der Waals surface area contributed by atoms with E-state index in [4.69, 9.17) is 4.74 Å². The molecule has 0 aliphatic carbocycles. The molecule has 0 saturated heterocycles. The number of carbonyl (C=O) groups is 2. The number of aliphatic hydroxyl groups excluding tert-OH is 4. The summed E-state index contributed by atoms with van der Waals surface area (Å²) in [5.41, 5.74) is 0.309. The van der Waals surface area contributed by atoms with E-state index in [9.17, 15) is 30.0 Å². The maximum absolute atomic E-state index is 11.4. The first kappa shape index (κ1) is 18.3. The number of ether oxygens (including phenoxy) is 1. The number of esters is 1. The first-order valence-electron chi connectivity index (χ1n) is 5.85. The van der Waals surface area contributed by atoms with Crippen LogP contribution in [0.2, 0.25) is 0 Å². The van der Waals surface area contributed by atoms with Gasteiger partial charge in [-0.15, -0.1) is 0 Å². The molecule has 0 heterocycles. The molecular weight excluding hydrogens is 268 g/mol. The third-order valence-electron chi connectivity index (χ3n) is 2.52.